The largest absolute Gasteiger partial charge is 0.394 e. The Morgan fingerprint density at radius 2 is 1.91 bits per heavy atom. The number of fused-ring (bicyclic) bond motifs is 1. The predicted molar refractivity (Wildman–Crippen MR) is 98.9 cm³/mol. The van der Waals surface area contributed by atoms with E-state index in [1.54, 1.807) is 0 Å². The normalized spacial score (nSPS) is 19.6. The summed E-state index contributed by atoms with van der Waals surface area (Å²) in [6, 6.07) is 7.07. The topological polar surface area (TPSA) is 46.2 Å². The molecule has 0 aliphatic heterocycles. The van der Waals surface area contributed by atoms with Gasteiger partial charge < -0.3 is 10.8 Å². The highest BCUT2D eigenvalue weighted by Crippen LogP contribution is 2.38. The van der Waals surface area contributed by atoms with Gasteiger partial charge in [-0.25, -0.2) is 0 Å². The lowest BCUT2D eigenvalue weighted by Gasteiger charge is -2.26. The second-order valence-corrected chi connectivity index (χ2v) is 7.80. The van der Waals surface area contributed by atoms with Crippen LogP contribution in [0.4, 0.5) is 0 Å². The van der Waals surface area contributed by atoms with E-state index in [4.69, 9.17) is 5.73 Å². The molecule has 0 saturated carbocycles. The first-order chi connectivity index (χ1) is 11.1. The third-order valence-electron chi connectivity index (χ3n) is 5.30. The van der Waals surface area contributed by atoms with Gasteiger partial charge in [-0.15, -0.1) is 0 Å². The van der Waals surface area contributed by atoms with Gasteiger partial charge in [0.05, 0.1) is 6.61 Å². The van der Waals surface area contributed by atoms with Crippen molar-refractivity contribution in [3.05, 3.63) is 34.9 Å². The maximum Gasteiger partial charge on any atom is 0.0608 e. The van der Waals surface area contributed by atoms with E-state index in [2.05, 4.69) is 25.1 Å². The predicted octanol–water partition coefficient (Wildman–Crippen LogP) is 4.72. The first-order valence-corrected chi connectivity index (χ1v) is 9.57. The zero-order chi connectivity index (χ0) is 16.7. The van der Waals surface area contributed by atoms with Gasteiger partial charge in [-0.05, 0) is 61.6 Å². The van der Waals surface area contributed by atoms with Crippen LogP contribution in [0.2, 0.25) is 0 Å². The molecular weight excluding hydrogens is 282 g/mol. The summed E-state index contributed by atoms with van der Waals surface area (Å²) in [5, 5.41) is 9.40. The molecule has 130 valence electrons. The number of aryl methyl sites for hydroxylation is 2. The van der Waals surface area contributed by atoms with Crippen LogP contribution in [0.15, 0.2) is 18.2 Å². The zero-order valence-electron chi connectivity index (χ0n) is 15.1. The standard InChI is InChI=1S/C21H35NO/c1-3-4-5-6-7-8-9-17-10-13-20-18(14-17)11-12-19(20)15-21(2,22)16-23/h10,13-14,19,23H,3-9,11-12,15-16,22H2,1-2H3/t19-,21-/m1/s1. The summed E-state index contributed by atoms with van der Waals surface area (Å²) in [5.74, 6) is 0.523. The van der Waals surface area contributed by atoms with E-state index in [-0.39, 0.29) is 6.61 Å². The first kappa shape index (κ1) is 18.5. The summed E-state index contributed by atoms with van der Waals surface area (Å²) in [6.45, 7) is 4.29. The van der Waals surface area contributed by atoms with Gasteiger partial charge in [0.15, 0.2) is 0 Å². The van der Waals surface area contributed by atoms with Crippen molar-refractivity contribution in [2.45, 2.75) is 89.5 Å². The van der Waals surface area contributed by atoms with Crippen LogP contribution in [0, 0.1) is 0 Å². The van der Waals surface area contributed by atoms with Gasteiger partial charge in [0.1, 0.15) is 0 Å². The quantitative estimate of drug-likeness (QED) is 0.613. The minimum Gasteiger partial charge on any atom is -0.394 e. The van der Waals surface area contributed by atoms with E-state index in [1.807, 2.05) is 6.92 Å². The highest BCUT2D eigenvalue weighted by molar-refractivity contribution is 5.38. The van der Waals surface area contributed by atoms with Gasteiger partial charge in [0.2, 0.25) is 0 Å². The molecule has 0 saturated heterocycles. The highest BCUT2D eigenvalue weighted by Gasteiger charge is 2.29. The van der Waals surface area contributed by atoms with E-state index in [9.17, 15) is 5.11 Å². The Morgan fingerprint density at radius 3 is 2.65 bits per heavy atom. The van der Waals surface area contributed by atoms with Gasteiger partial charge in [0, 0.05) is 5.54 Å². The molecule has 0 bridgehead atoms. The number of hydrogen-bond donors (Lipinski definition) is 2. The molecule has 1 aliphatic rings. The molecule has 0 aromatic heterocycles. The summed E-state index contributed by atoms with van der Waals surface area (Å²) in [5.41, 5.74) is 10.2. The minimum atomic E-state index is -0.455. The summed E-state index contributed by atoms with van der Waals surface area (Å²) in [7, 11) is 0. The maximum atomic E-state index is 9.40. The molecule has 2 nitrogen and oxygen atoms in total. The van der Waals surface area contributed by atoms with Gasteiger partial charge in [-0.1, -0.05) is 57.2 Å². The zero-order valence-corrected chi connectivity index (χ0v) is 15.1. The SMILES string of the molecule is CCCCCCCCc1ccc2c(c1)CC[C@@H]2C[C@@](C)(N)CO. The third-order valence-corrected chi connectivity index (χ3v) is 5.30. The average molecular weight is 318 g/mol. The Morgan fingerprint density at radius 1 is 1.17 bits per heavy atom. The van der Waals surface area contributed by atoms with E-state index >= 15 is 0 Å². The second kappa shape index (κ2) is 8.84. The molecule has 2 atom stereocenters. The molecule has 3 N–H and O–H groups in total. The molecule has 0 amide bonds. The van der Waals surface area contributed by atoms with Crippen molar-refractivity contribution in [2.75, 3.05) is 6.61 Å². The Balaban J connectivity index is 1.84. The fourth-order valence-electron chi connectivity index (χ4n) is 3.86. The van der Waals surface area contributed by atoms with Crippen LogP contribution in [0.1, 0.15) is 87.8 Å². The summed E-state index contributed by atoms with van der Waals surface area (Å²) < 4.78 is 0. The Hall–Kier alpha value is -0.860. The molecule has 23 heavy (non-hydrogen) atoms. The summed E-state index contributed by atoms with van der Waals surface area (Å²) >= 11 is 0. The monoisotopic (exact) mass is 317 g/mol. The summed E-state index contributed by atoms with van der Waals surface area (Å²) in [6.07, 6.45) is 12.6. The number of benzene rings is 1. The van der Waals surface area contributed by atoms with Crippen molar-refractivity contribution in [3.63, 3.8) is 0 Å². The van der Waals surface area contributed by atoms with Crippen LogP contribution in [-0.4, -0.2) is 17.3 Å². The lowest BCUT2D eigenvalue weighted by Crippen LogP contribution is -2.41. The van der Waals surface area contributed by atoms with Crippen molar-refractivity contribution in [3.8, 4) is 0 Å². The lowest BCUT2D eigenvalue weighted by molar-refractivity contribution is 0.192. The second-order valence-electron chi connectivity index (χ2n) is 7.80. The van der Waals surface area contributed by atoms with Gasteiger partial charge in [0.25, 0.3) is 0 Å². The van der Waals surface area contributed by atoms with E-state index in [1.165, 1.54) is 74.5 Å². The number of aliphatic hydroxyl groups is 1. The molecule has 0 fully saturated rings. The number of rotatable bonds is 10. The van der Waals surface area contributed by atoms with Gasteiger partial charge in [-0.2, -0.15) is 0 Å². The van der Waals surface area contributed by atoms with E-state index in [0.29, 0.717) is 5.92 Å². The van der Waals surface area contributed by atoms with Gasteiger partial charge in [-0.3, -0.25) is 0 Å². The maximum absolute atomic E-state index is 9.40. The van der Waals surface area contributed by atoms with E-state index < -0.39 is 5.54 Å². The molecule has 2 heteroatoms. The Labute approximate surface area is 142 Å². The molecule has 0 radical (unpaired) electrons. The number of nitrogens with two attached hydrogens (primary N) is 1. The number of hydrogen-bond acceptors (Lipinski definition) is 2. The molecule has 1 aromatic rings. The van der Waals surface area contributed by atoms with Crippen molar-refractivity contribution in [2.24, 2.45) is 5.73 Å². The van der Waals surface area contributed by atoms with E-state index in [0.717, 1.165) is 6.42 Å². The smallest absolute Gasteiger partial charge is 0.0608 e. The van der Waals surface area contributed by atoms with Crippen LogP contribution in [-0.2, 0) is 12.8 Å². The molecule has 0 spiro atoms. The van der Waals surface area contributed by atoms with Crippen LogP contribution in [0.25, 0.3) is 0 Å². The van der Waals surface area contributed by atoms with Gasteiger partial charge >= 0.3 is 0 Å². The number of aliphatic hydroxyl groups excluding tert-OH is 1. The summed E-state index contributed by atoms with van der Waals surface area (Å²) in [4.78, 5) is 0. The first-order valence-electron chi connectivity index (χ1n) is 9.57. The fraction of sp³-hybridized carbons (Fsp3) is 0.714. The molecule has 1 aromatic carbocycles. The van der Waals surface area contributed by atoms with Crippen LogP contribution >= 0.6 is 0 Å². The molecule has 1 aliphatic carbocycles. The highest BCUT2D eigenvalue weighted by atomic mass is 16.3. The Kier molecular flexibility index (Phi) is 7.10. The fourth-order valence-corrected chi connectivity index (χ4v) is 3.86. The molecule has 2 rings (SSSR count). The minimum absolute atomic E-state index is 0.0644. The molecular formula is C21H35NO. The van der Waals surface area contributed by atoms with Crippen molar-refractivity contribution < 1.29 is 5.11 Å². The third kappa shape index (κ3) is 5.61. The lowest BCUT2D eigenvalue weighted by atomic mass is 9.86. The molecule has 0 unspecified atom stereocenters. The van der Waals surface area contributed by atoms with Crippen LogP contribution in [0.3, 0.4) is 0 Å². The van der Waals surface area contributed by atoms with Crippen LogP contribution in [0.5, 0.6) is 0 Å². The van der Waals surface area contributed by atoms with Crippen molar-refractivity contribution >= 4 is 0 Å². The number of unbranched alkanes of at least 4 members (excludes halogenated alkanes) is 5. The van der Waals surface area contributed by atoms with Crippen LogP contribution < -0.4 is 5.73 Å². The van der Waals surface area contributed by atoms with Crippen molar-refractivity contribution in [1.29, 1.82) is 0 Å². The molecule has 0 heterocycles. The average Bonchev–Trinajstić information content (AvgIpc) is 2.92. The van der Waals surface area contributed by atoms with Crippen molar-refractivity contribution in [1.82, 2.24) is 0 Å². The Bertz CT molecular complexity index is 481.